The number of rotatable bonds is 5. The molecule has 0 aliphatic rings. The molecule has 0 unspecified atom stereocenters. The number of anilines is 1. The largest absolute Gasteiger partial charge is 0.497 e. The number of hydrogen-bond donors (Lipinski definition) is 2. The number of benzene rings is 1. The second-order valence-corrected chi connectivity index (χ2v) is 4.12. The van der Waals surface area contributed by atoms with Crippen molar-refractivity contribution in [3.63, 3.8) is 0 Å². The average Bonchev–Trinajstić information content (AvgIpc) is 2.34. The van der Waals surface area contributed by atoms with Crippen LogP contribution in [0, 0.1) is 0 Å². The van der Waals surface area contributed by atoms with Crippen molar-refractivity contribution in [1.82, 2.24) is 4.90 Å². The number of carbonyl (C=O) groups excluding carboxylic acids is 1. The first-order valence-electron chi connectivity index (χ1n) is 5.65. The number of nitrogen functional groups attached to an aromatic ring is 1. The number of carbonyl (C=O) groups is 2. The lowest BCUT2D eigenvalue weighted by molar-refractivity contribution is -0.149. The van der Waals surface area contributed by atoms with Crippen molar-refractivity contribution in [1.29, 1.82) is 0 Å². The van der Waals surface area contributed by atoms with Crippen LogP contribution in [0.25, 0.3) is 0 Å². The molecule has 0 aliphatic heterocycles. The normalized spacial score (nSPS) is 11.0. The summed E-state index contributed by atoms with van der Waals surface area (Å²) in [5, 5.41) is 8.62. The Morgan fingerprint density at radius 3 is 2.43 bits per heavy atom. The predicted octanol–water partition coefficient (Wildman–Crippen LogP) is 1.37. The van der Waals surface area contributed by atoms with Gasteiger partial charge in [-0.15, -0.1) is 0 Å². The van der Waals surface area contributed by atoms with E-state index in [2.05, 4.69) is 0 Å². The van der Waals surface area contributed by atoms with Gasteiger partial charge in [0.1, 0.15) is 18.8 Å². The van der Waals surface area contributed by atoms with Gasteiger partial charge in [-0.2, -0.15) is 13.2 Å². The molecule has 9 heteroatoms. The molecule has 1 aromatic carbocycles. The number of nitrogens with zero attached hydrogens (tertiary/aromatic N) is 1. The molecule has 0 saturated carbocycles. The van der Waals surface area contributed by atoms with Crippen LogP contribution >= 0.6 is 0 Å². The molecule has 0 saturated heterocycles. The molecule has 1 aromatic rings. The maximum atomic E-state index is 12.4. The van der Waals surface area contributed by atoms with E-state index in [1.54, 1.807) is 0 Å². The van der Waals surface area contributed by atoms with Crippen LogP contribution in [-0.2, 0) is 4.79 Å². The van der Waals surface area contributed by atoms with Crippen molar-refractivity contribution < 1.29 is 32.6 Å². The highest BCUT2D eigenvalue weighted by Crippen LogP contribution is 2.23. The summed E-state index contributed by atoms with van der Waals surface area (Å²) < 4.78 is 42.1. The highest BCUT2D eigenvalue weighted by atomic mass is 19.4. The Balaban J connectivity index is 3.07. The van der Waals surface area contributed by atoms with Crippen LogP contribution in [0.2, 0.25) is 0 Å². The standard InChI is InChI=1S/C12H13F3N2O4/c1-21-7-2-3-8(9(16)4-7)11(20)17(5-10(18)19)6-12(13,14)15/h2-4H,5-6,16H2,1H3,(H,18,19). The number of nitrogens with two attached hydrogens (primary N) is 1. The van der Waals surface area contributed by atoms with E-state index >= 15 is 0 Å². The highest BCUT2D eigenvalue weighted by molar-refractivity contribution is 6.00. The van der Waals surface area contributed by atoms with E-state index in [9.17, 15) is 22.8 Å². The summed E-state index contributed by atoms with van der Waals surface area (Å²) in [6, 6.07) is 3.79. The van der Waals surface area contributed by atoms with Crippen molar-refractivity contribution in [3.05, 3.63) is 23.8 Å². The Kier molecular flexibility index (Phi) is 5.01. The van der Waals surface area contributed by atoms with Crippen LogP contribution in [0.1, 0.15) is 10.4 Å². The molecule has 116 valence electrons. The minimum Gasteiger partial charge on any atom is -0.497 e. The Bertz CT molecular complexity index is 546. The van der Waals surface area contributed by atoms with Crippen molar-refractivity contribution in [2.45, 2.75) is 6.18 Å². The Labute approximate surface area is 117 Å². The second-order valence-electron chi connectivity index (χ2n) is 4.12. The third kappa shape index (κ3) is 4.86. The zero-order chi connectivity index (χ0) is 16.2. The maximum absolute atomic E-state index is 12.4. The van der Waals surface area contributed by atoms with Gasteiger partial charge in [0.05, 0.1) is 12.7 Å². The predicted molar refractivity (Wildman–Crippen MR) is 67.0 cm³/mol. The maximum Gasteiger partial charge on any atom is 0.406 e. The molecule has 0 radical (unpaired) electrons. The summed E-state index contributed by atoms with van der Waals surface area (Å²) in [7, 11) is 1.36. The molecule has 21 heavy (non-hydrogen) atoms. The average molecular weight is 306 g/mol. The smallest absolute Gasteiger partial charge is 0.406 e. The number of carboxylic acids is 1. The van der Waals surface area contributed by atoms with Crippen LogP contribution in [0.5, 0.6) is 5.75 Å². The summed E-state index contributed by atoms with van der Waals surface area (Å²) in [5.41, 5.74) is 5.25. The number of ether oxygens (including phenoxy) is 1. The van der Waals surface area contributed by atoms with Gasteiger partial charge in [0, 0.05) is 11.8 Å². The SMILES string of the molecule is COc1ccc(C(=O)N(CC(=O)O)CC(F)(F)F)c(N)c1. The number of hydrogen-bond acceptors (Lipinski definition) is 4. The molecule has 0 atom stereocenters. The summed E-state index contributed by atoms with van der Waals surface area (Å²) >= 11 is 0. The lowest BCUT2D eigenvalue weighted by Crippen LogP contribution is -2.42. The number of alkyl halides is 3. The first kappa shape index (κ1) is 16.6. The summed E-state index contributed by atoms with van der Waals surface area (Å²) in [6.45, 7) is -2.76. The fourth-order valence-electron chi connectivity index (χ4n) is 1.61. The number of halogens is 3. The number of amides is 1. The van der Waals surface area contributed by atoms with E-state index in [-0.39, 0.29) is 16.2 Å². The van der Waals surface area contributed by atoms with Crippen LogP contribution in [-0.4, -0.2) is 48.3 Å². The van der Waals surface area contributed by atoms with Crippen molar-refractivity contribution in [2.75, 3.05) is 25.9 Å². The van der Waals surface area contributed by atoms with E-state index in [1.165, 1.54) is 25.3 Å². The van der Waals surface area contributed by atoms with E-state index in [1.807, 2.05) is 0 Å². The van der Waals surface area contributed by atoms with Crippen LogP contribution in [0.3, 0.4) is 0 Å². The van der Waals surface area contributed by atoms with Gasteiger partial charge in [0.2, 0.25) is 0 Å². The van der Waals surface area contributed by atoms with Gasteiger partial charge in [0.25, 0.3) is 5.91 Å². The topological polar surface area (TPSA) is 92.9 Å². The van der Waals surface area contributed by atoms with Gasteiger partial charge in [-0.25, -0.2) is 0 Å². The van der Waals surface area contributed by atoms with E-state index in [0.29, 0.717) is 5.75 Å². The molecule has 0 bridgehead atoms. The molecule has 6 nitrogen and oxygen atoms in total. The van der Waals surface area contributed by atoms with Crippen molar-refractivity contribution in [2.24, 2.45) is 0 Å². The summed E-state index contributed by atoms with van der Waals surface area (Å²) in [5.74, 6) is -2.35. The number of aliphatic carboxylic acids is 1. The lowest BCUT2D eigenvalue weighted by Gasteiger charge is -2.22. The molecule has 0 aliphatic carbocycles. The van der Waals surface area contributed by atoms with Gasteiger partial charge >= 0.3 is 12.1 Å². The van der Waals surface area contributed by atoms with Gasteiger partial charge in [0.15, 0.2) is 0 Å². The Morgan fingerprint density at radius 1 is 1.38 bits per heavy atom. The van der Waals surface area contributed by atoms with Crippen molar-refractivity contribution in [3.8, 4) is 5.75 Å². The second kappa shape index (κ2) is 6.33. The third-order valence-electron chi connectivity index (χ3n) is 2.47. The molecular formula is C12H13F3N2O4. The minimum absolute atomic E-state index is 0.100. The minimum atomic E-state index is -4.72. The summed E-state index contributed by atoms with van der Waals surface area (Å²) in [6.07, 6.45) is -4.72. The fraction of sp³-hybridized carbons (Fsp3) is 0.333. The first-order valence-corrected chi connectivity index (χ1v) is 5.65. The summed E-state index contributed by atoms with van der Waals surface area (Å²) in [4.78, 5) is 22.8. The highest BCUT2D eigenvalue weighted by Gasteiger charge is 2.34. The molecule has 0 heterocycles. The van der Waals surface area contributed by atoms with Gasteiger partial charge in [-0.3, -0.25) is 9.59 Å². The first-order chi connectivity index (χ1) is 9.64. The zero-order valence-corrected chi connectivity index (χ0v) is 11.0. The number of carboxylic acid groups (broad SMARTS) is 1. The molecule has 3 N–H and O–H groups in total. The van der Waals surface area contributed by atoms with Gasteiger partial charge in [-0.1, -0.05) is 0 Å². The van der Waals surface area contributed by atoms with E-state index in [4.69, 9.17) is 15.6 Å². The van der Waals surface area contributed by atoms with Crippen LogP contribution in [0.15, 0.2) is 18.2 Å². The zero-order valence-electron chi connectivity index (χ0n) is 11.0. The molecule has 0 spiro atoms. The number of methoxy groups -OCH3 is 1. The molecular weight excluding hydrogens is 293 g/mol. The van der Waals surface area contributed by atoms with Crippen LogP contribution in [0.4, 0.5) is 18.9 Å². The van der Waals surface area contributed by atoms with Crippen LogP contribution < -0.4 is 10.5 Å². The molecule has 0 fully saturated rings. The molecule has 0 aromatic heterocycles. The lowest BCUT2D eigenvalue weighted by atomic mass is 10.1. The third-order valence-corrected chi connectivity index (χ3v) is 2.47. The quantitative estimate of drug-likeness (QED) is 0.801. The van der Waals surface area contributed by atoms with Gasteiger partial charge < -0.3 is 20.5 Å². The Hall–Kier alpha value is -2.45. The Morgan fingerprint density at radius 2 is 2.00 bits per heavy atom. The van der Waals surface area contributed by atoms with E-state index in [0.717, 1.165) is 0 Å². The monoisotopic (exact) mass is 306 g/mol. The molecule has 1 rings (SSSR count). The fourth-order valence-corrected chi connectivity index (χ4v) is 1.61. The molecule has 1 amide bonds. The van der Waals surface area contributed by atoms with Crippen molar-refractivity contribution >= 4 is 17.6 Å². The van der Waals surface area contributed by atoms with E-state index < -0.39 is 31.1 Å². The van der Waals surface area contributed by atoms with Gasteiger partial charge in [-0.05, 0) is 12.1 Å².